The van der Waals surface area contributed by atoms with Gasteiger partial charge < -0.3 is 4.90 Å². The van der Waals surface area contributed by atoms with Crippen LogP contribution in [0, 0.1) is 5.92 Å². The number of carbonyl (C=O) groups is 1. The smallest absolute Gasteiger partial charge is 0.241 e. The number of rotatable bonds is 4. The molecule has 3 unspecified atom stereocenters. The topological polar surface area (TPSA) is 32.3 Å². The number of nitrogens with one attached hydrogen (secondary N) is 1. The van der Waals surface area contributed by atoms with Crippen molar-refractivity contribution in [3.8, 4) is 0 Å². The summed E-state index contributed by atoms with van der Waals surface area (Å²) in [5, 5.41) is 3.33. The van der Waals surface area contributed by atoms with Crippen LogP contribution in [0.15, 0.2) is 0 Å². The molecule has 88 valence electrons. The lowest BCUT2D eigenvalue weighted by Crippen LogP contribution is -2.42. The highest BCUT2D eigenvalue weighted by atomic mass is 16.2. The van der Waals surface area contributed by atoms with Crippen molar-refractivity contribution >= 4 is 5.91 Å². The first kappa shape index (κ1) is 12.5. The number of hydrogen-bond donors (Lipinski definition) is 1. The van der Waals surface area contributed by atoms with Crippen molar-refractivity contribution in [2.24, 2.45) is 5.92 Å². The van der Waals surface area contributed by atoms with Crippen LogP contribution in [-0.2, 0) is 4.79 Å². The van der Waals surface area contributed by atoms with Gasteiger partial charge in [0.1, 0.15) is 0 Å². The lowest BCUT2D eigenvalue weighted by Gasteiger charge is -2.29. The van der Waals surface area contributed by atoms with E-state index in [-0.39, 0.29) is 18.1 Å². The van der Waals surface area contributed by atoms with Crippen LogP contribution in [0.2, 0.25) is 0 Å². The summed E-state index contributed by atoms with van der Waals surface area (Å²) in [6.45, 7) is 10.7. The quantitative estimate of drug-likeness (QED) is 0.773. The number of amides is 1. The van der Waals surface area contributed by atoms with Gasteiger partial charge in [-0.15, -0.1) is 0 Å². The molecule has 3 atom stereocenters. The van der Waals surface area contributed by atoms with Crippen LogP contribution in [0.4, 0.5) is 0 Å². The maximum Gasteiger partial charge on any atom is 0.241 e. The Bertz CT molecular complexity index is 228. The predicted molar refractivity (Wildman–Crippen MR) is 62.4 cm³/mol. The molecule has 0 radical (unpaired) electrons. The average molecular weight is 212 g/mol. The van der Waals surface area contributed by atoms with E-state index in [4.69, 9.17) is 0 Å². The summed E-state index contributed by atoms with van der Waals surface area (Å²) in [4.78, 5) is 14.0. The second-order valence-electron chi connectivity index (χ2n) is 5.03. The molecule has 0 saturated carbocycles. The Balaban J connectivity index is 2.64. The Labute approximate surface area is 93.2 Å². The summed E-state index contributed by atoms with van der Waals surface area (Å²) >= 11 is 0. The Hall–Kier alpha value is -0.570. The molecule has 0 aromatic rings. The molecule has 0 spiro atoms. The van der Waals surface area contributed by atoms with Gasteiger partial charge in [-0.05, 0) is 32.6 Å². The summed E-state index contributed by atoms with van der Waals surface area (Å²) in [7, 11) is 0. The van der Waals surface area contributed by atoms with E-state index >= 15 is 0 Å². The molecule has 3 nitrogen and oxygen atoms in total. The molecule has 0 aromatic heterocycles. The van der Waals surface area contributed by atoms with Gasteiger partial charge in [0, 0.05) is 6.04 Å². The first-order chi connectivity index (χ1) is 6.97. The van der Waals surface area contributed by atoms with Crippen LogP contribution in [0.5, 0.6) is 0 Å². The predicted octanol–water partition coefficient (Wildman–Crippen LogP) is 1.98. The average Bonchev–Trinajstić information content (AvgIpc) is 2.40. The van der Waals surface area contributed by atoms with Crippen molar-refractivity contribution < 1.29 is 4.79 Å². The van der Waals surface area contributed by atoms with Gasteiger partial charge in [-0.2, -0.15) is 0 Å². The molecule has 1 fully saturated rings. The summed E-state index contributed by atoms with van der Waals surface area (Å²) in [5.41, 5.74) is 0. The lowest BCUT2D eigenvalue weighted by atomic mass is 10.0. The van der Waals surface area contributed by atoms with Crippen LogP contribution < -0.4 is 5.32 Å². The van der Waals surface area contributed by atoms with E-state index in [1.54, 1.807) is 0 Å². The normalized spacial score (nSPS) is 28.9. The number of hydrogen-bond acceptors (Lipinski definition) is 2. The SMILES string of the molecule is CCC1NC(C)N(C(C)CC(C)C)C1=O. The zero-order chi connectivity index (χ0) is 11.6. The van der Waals surface area contributed by atoms with Gasteiger partial charge in [0.25, 0.3) is 0 Å². The monoisotopic (exact) mass is 212 g/mol. The highest BCUT2D eigenvalue weighted by molar-refractivity contribution is 5.84. The molecule has 1 heterocycles. The van der Waals surface area contributed by atoms with Crippen molar-refractivity contribution in [3.63, 3.8) is 0 Å². The van der Waals surface area contributed by atoms with E-state index in [9.17, 15) is 4.79 Å². The third-order valence-electron chi connectivity index (χ3n) is 3.11. The Morgan fingerprint density at radius 1 is 1.40 bits per heavy atom. The van der Waals surface area contributed by atoms with Gasteiger partial charge in [0.15, 0.2) is 0 Å². The van der Waals surface area contributed by atoms with Crippen molar-refractivity contribution in [2.45, 2.75) is 65.7 Å². The van der Waals surface area contributed by atoms with Gasteiger partial charge in [-0.25, -0.2) is 0 Å². The van der Waals surface area contributed by atoms with E-state index in [0.29, 0.717) is 12.0 Å². The van der Waals surface area contributed by atoms with Crippen molar-refractivity contribution in [1.82, 2.24) is 10.2 Å². The molecule has 15 heavy (non-hydrogen) atoms. The molecule has 1 aliphatic heterocycles. The fourth-order valence-electron chi connectivity index (χ4n) is 2.50. The van der Waals surface area contributed by atoms with Crippen LogP contribution in [0.25, 0.3) is 0 Å². The highest BCUT2D eigenvalue weighted by Gasteiger charge is 2.37. The number of carbonyl (C=O) groups excluding carboxylic acids is 1. The Morgan fingerprint density at radius 2 is 2.00 bits per heavy atom. The molecule has 0 aromatic carbocycles. The second kappa shape index (κ2) is 4.97. The molecule has 1 amide bonds. The van der Waals surface area contributed by atoms with Crippen molar-refractivity contribution in [2.75, 3.05) is 0 Å². The van der Waals surface area contributed by atoms with Gasteiger partial charge in [0.2, 0.25) is 5.91 Å². The molecule has 3 heteroatoms. The fourth-order valence-corrected chi connectivity index (χ4v) is 2.50. The van der Waals surface area contributed by atoms with Gasteiger partial charge in [-0.1, -0.05) is 20.8 Å². The molecule has 0 aliphatic carbocycles. The molecule has 1 saturated heterocycles. The van der Waals surface area contributed by atoms with Crippen LogP contribution in [0.1, 0.15) is 47.5 Å². The van der Waals surface area contributed by atoms with E-state index in [1.165, 1.54) is 0 Å². The molecule has 1 aliphatic rings. The van der Waals surface area contributed by atoms with Gasteiger partial charge in [-0.3, -0.25) is 10.1 Å². The second-order valence-corrected chi connectivity index (χ2v) is 5.03. The fraction of sp³-hybridized carbons (Fsp3) is 0.917. The molecular weight excluding hydrogens is 188 g/mol. The zero-order valence-corrected chi connectivity index (χ0v) is 10.6. The third kappa shape index (κ3) is 2.71. The molecule has 1 rings (SSSR count). The maximum absolute atomic E-state index is 12.0. The van der Waals surface area contributed by atoms with E-state index < -0.39 is 0 Å². The lowest BCUT2D eigenvalue weighted by molar-refractivity contribution is -0.132. The zero-order valence-electron chi connectivity index (χ0n) is 10.6. The first-order valence-electron chi connectivity index (χ1n) is 6.05. The first-order valence-corrected chi connectivity index (χ1v) is 6.05. The van der Waals surface area contributed by atoms with Gasteiger partial charge in [0.05, 0.1) is 12.2 Å². The minimum absolute atomic E-state index is 0.0367. The highest BCUT2D eigenvalue weighted by Crippen LogP contribution is 2.20. The molecular formula is C12H24N2O. The summed E-state index contributed by atoms with van der Waals surface area (Å²) in [6.07, 6.45) is 2.15. The number of nitrogens with zero attached hydrogens (tertiary/aromatic N) is 1. The summed E-state index contributed by atoms with van der Waals surface area (Å²) < 4.78 is 0. The van der Waals surface area contributed by atoms with Crippen LogP contribution in [0.3, 0.4) is 0 Å². The summed E-state index contributed by atoms with van der Waals surface area (Å²) in [5.74, 6) is 0.916. The Kier molecular flexibility index (Phi) is 4.14. The Morgan fingerprint density at radius 3 is 2.40 bits per heavy atom. The third-order valence-corrected chi connectivity index (χ3v) is 3.11. The van der Waals surface area contributed by atoms with E-state index in [1.807, 2.05) is 4.90 Å². The minimum Gasteiger partial charge on any atom is -0.323 e. The van der Waals surface area contributed by atoms with Crippen molar-refractivity contribution in [3.05, 3.63) is 0 Å². The van der Waals surface area contributed by atoms with Crippen molar-refractivity contribution in [1.29, 1.82) is 0 Å². The largest absolute Gasteiger partial charge is 0.323 e. The van der Waals surface area contributed by atoms with Gasteiger partial charge >= 0.3 is 0 Å². The van der Waals surface area contributed by atoms with E-state index in [0.717, 1.165) is 12.8 Å². The van der Waals surface area contributed by atoms with Crippen LogP contribution >= 0.6 is 0 Å². The standard InChI is InChI=1S/C12H24N2O/c1-6-11-12(15)14(10(5)13-11)9(4)7-8(2)3/h8-11,13H,6-7H2,1-5H3. The maximum atomic E-state index is 12.0. The summed E-state index contributed by atoms with van der Waals surface area (Å²) in [6, 6.07) is 0.381. The minimum atomic E-state index is 0.0367. The van der Waals surface area contributed by atoms with Crippen LogP contribution in [-0.4, -0.2) is 29.1 Å². The van der Waals surface area contributed by atoms with E-state index in [2.05, 4.69) is 39.9 Å². The molecule has 1 N–H and O–H groups in total. The molecule has 0 bridgehead atoms.